The van der Waals surface area contributed by atoms with Gasteiger partial charge in [-0.25, -0.2) is 4.98 Å². The van der Waals surface area contributed by atoms with Crippen molar-refractivity contribution >= 4 is 33.8 Å². The minimum atomic E-state index is -0.179. The molecule has 0 fully saturated rings. The molecule has 25 heavy (non-hydrogen) atoms. The first kappa shape index (κ1) is 15.5. The first-order valence-corrected chi connectivity index (χ1v) is 8.54. The summed E-state index contributed by atoms with van der Waals surface area (Å²) in [6.45, 7) is 2.00. The smallest absolute Gasteiger partial charge is 0.267 e. The number of benzene rings is 1. The van der Waals surface area contributed by atoms with E-state index in [1.807, 2.05) is 44.4 Å². The average Bonchev–Trinajstić information content (AvgIpc) is 3.26. The molecule has 0 aliphatic carbocycles. The fourth-order valence-corrected chi connectivity index (χ4v) is 3.44. The number of nitrogens with one attached hydrogen (secondary N) is 1. The van der Waals surface area contributed by atoms with Crippen LogP contribution in [0.5, 0.6) is 0 Å². The number of fused-ring (bicyclic) bond motifs is 1. The highest BCUT2D eigenvalue weighted by atomic mass is 32.1. The molecule has 0 saturated carbocycles. The fraction of sp³-hybridized carbons (Fsp3) is 0.111. The lowest BCUT2D eigenvalue weighted by molar-refractivity contribution is 0.103. The van der Waals surface area contributed by atoms with Gasteiger partial charge in [-0.2, -0.15) is 5.10 Å². The maximum atomic E-state index is 12.6. The molecule has 3 aromatic heterocycles. The maximum absolute atomic E-state index is 12.6. The summed E-state index contributed by atoms with van der Waals surface area (Å²) < 4.78 is 1.71. The topological polar surface area (TPSA) is 72.7 Å². The molecule has 1 N–H and O–H groups in total. The molecule has 0 aliphatic rings. The number of aromatic nitrogens is 4. The van der Waals surface area contributed by atoms with E-state index in [0.717, 1.165) is 32.7 Å². The zero-order valence-electron chi connectivity index (χ0n) is 13.7. The van der Waals surface area contributed by atoms with Gasteiger partial charge in [-0.05, 0) is 30.7 Å². The van der Waals surface area contributed by atoms with E-state index in [1.54, 1.807) is 23.3 Å². The molecule has 4 aromatic rings. The number of amides is 1. The molecule has 1 aromatic carbocycles. The van der Waals surface area contributed by atoms with Gasteiger partial charge in [0.25, 0.3) is 5.91 Å². The largest absolute Gasteiger partial charge is 0.321 e. The van der Waals surface area contributed by atoms with Crippen molar-refractivity contribution in [1.82, 2.24) is 19.7 Å². The molecular formula is C18H15N5OS. The molecule has 0 radical (unpaired) electrons. The molecule has 4 rings (SSSR count). The van der Waals surface area contributed by atoms with Crippen molar-refractivity contribution in [1.29, 1.82) is 0 Å². The zero-order valence-corrected chi connectivity index (χ0v) is 14.5. The first-order chi connectivity index (χ1) is 12.1. The Hall–Kier alpha value is -3.06. The van der Waals surface area contributed by atoms with Gasteiger partial charge >= 0.3 is 0 Å². The predicted molar refractivity (Wildman–Crippen MR) is 98.7 cm³/mol. The van der Waals surface area contributed by atoms with Gasteiger partial charge < -0.3 is 5.32 Å². The SMILES string of the molecule is Cc1ccc(NC(=O)c2cnc(-c3cnn(C)c3)s2)c2cccnc12. The van der Waals surface area contributed by atoms with Crippen LogP contribution in [0.3, 0.4) is 0 Å². The third-order valence-corrected chi connectivity index (χ3v) is 4.95. The summed E-state index contributed by atoms with van der Waals surface area (Å²) in [6, 6.07) is 7.68. The van der Waals surface area contributed by atoms with Crippen molar-refractivity contribution < 1.29 is 4.79 Å². The van der Waals surface area contributed by atoms with E-state index in [0.29, 0.717) is 4.88 Å². The Labute approximate surface area is 148 Å². The molecule has 0 atom stereocenters. The van der Waals surface area contributed by atoms with E-state index in [4.69, 9.17) is 0 Å². The van der Waals surface area contributed by atoms with Crippen LogP contribution in [0.25, 0.3) is 21.5 Å². The number of pyridine rings is 1. The lowest BCUT2D eigenvalue weighted by Crippen LogP contribution is -2.10. The summed E-state index contributed by atoms with van der Waals surface area (Å²) in [6.07, 6.45) is 6.96. The quantitative estimate of drug-likeness (QED) is 0.613. The minimum absolute atomic E-state index is 0.179. The number of hydrogen-bond acceptors (Lipinski definition) is 5. The van der Waals surface area contributed by atoms with Crippen LogP contribution in [0, 0.1) is 6.92 Å². The molecule has 3 heterocycles. The van der Waals surface area contributed by atoms with E-state index in [-0.39, 0.29) is 5.91 Å². The molecular weight excluding hydrogens is 334 g/mol. The van der Waals surface area contributed by atoms with Crippen LogP contribution in [-0.4, -0.2) is 25.7 Å². The Morgan fingerprint density at radius 3 is 2.88 bits per heavy atom. The lowest BCUT2D eigenvalue weighted by Gasteiger charge is -2.09. The Balaban J connectivity index is 1.63. The van der Waals surface area contributed by atoms with E-state index in [9.17, 15) is 4.79 Å². The highest BCUT2D eigenvalue weighted by molar-refractivity contribution is 7.17. The molecule has 0 aliphatic heterocycles. The van der Waals surface area contributed by atoms with Gasteiger partial charge in [0, 0.05) is 30.4 Å². The fourth-order valence-electron chi connectivity index (χ4n) is 2.65. The number of nitrogens with zero attached hydrogens (tertiary/aromatic N) is 4. The summed E-state index contributed by atoms with van der Waals surface area (Å²) in [5.41, 5.74) is 3.61. The summed E-state index contributed by atoms with van der Waals surface area (Å²) in [4.78, 5) is 21.9. The van der Waals surface area contributed by atoms with Crippen molar-refractivity contribution in [3.63, 3.8) is 0 Å². The molecule has 0 bridgehead atoms. The number of carbonyl (C=O) groups is 1. The monoisotopic (exact) mass is 349 g/mol. The molecule has 0 saturated heterocycles. The van der Waals surface area contributed by atoms with Gasteiger partial charge in [0.15, 0.2) is 0 Å². The number of thiazole rings is 1. The van der Waals surface area contributed by atoms with Gasteiger partial charge in [-0.15, -0.1) is 11.3 Å². The maximum Gasteiger partial charge on any atom is 0.267 e. The van der Waals surface area contributed by atoms with Crippen LogP contribution >= 0.6 is 11.3 Å². The molecule has 7 heteroatoms. The van der Waals surface area contributed by atoms with Crippen LogP contribution in [0.15, 0.2) is 49.1 Å². The standard InChI is InChI=1S/C18H15N5OS/c1-11-5-6-14(13-4-3-7-19-16(11)13)22-17(24)15-9-20-18(25-15)12-8-21-23(2)10-12/h3-10H,1-2H3,(H,22,24). The number of rotatable bonds is 3. The van der Waals surface area contributed by atoms with Crippen LogP contribution in [0.2, 0.25) is 0 Å². The molecule has 0 spiro atoms. The summed E-state index contributed by atoms with van der Waals surface area (Å²) in [7, 11) is 1.85. The van der Waals surface area contributed by atoms with Crippen molar-refractivity contribution in [2.75, 3.05) is 5.32 Å². The molecule has 1 amide bonds. The van der Waals surface area contributed by atoms with Crippen LogP contribution in [-0.2, 0) is 7.05 Å². The Kier molecular flexibility index (Phi) is 3.77. The second-order valence-electron chi connectivity index (χ2n) is 5.72. The Morgan fingerprint density at radius 1 is 1.20 bits per heavy atom. The normalized spacial score (nSPS) is 11.0. The highest BCUT2D eigenvalue weighted by Gasteiger charge is 2.14. The molecule has 6 nitrogen and oxygen atoms in total. The van der Waals surface area contributed by atoms with Gasteiger partial charge in [-0.1, -0.05) is 6.07 Å². The Morgan fingerprint density at radius 2 is 2.08 bits per heavy atom. The summed E-state index contributed by atoms with van der Waals surface area (Å²) in [5, 5.41) is 8.80. The highest BCUT2D eigenvalue weighted by Crippen LogP contribution is 2.28. The summed E-state index contributed by atoms with van der Waals surface area (Å²) >= 11 is 1.34. The van der Waals surface area contributed by atoms with E-state index < -0.39 is 0 Å². The van der Waals surface area contributed by atoms with Crippen LogP contribution in [0.1, 0.15) is 15.2 Å². The second-order valence-corrected chi connectivity index (χ2v) is 6.75. The van der Waals surface area contributed by atoms with Gasteiger partial charge in [-0.3, -0.25) is 14.5 Å². The average molecular weight is 349 g/mol. The number of aryl methyl sites for hydroxylation is 2. The molecule has 0 unspecified atom stereocenters. The van der Waals surface area contributed by atoms with Crippen molar-refractivity contribution in [3.8, 4) is 10.6 Å². The van der Waals surface area contributed by atoms with E-state index in [1.165, 1.54) is 11.3 Å². The summed E-state index contributed by atoms with van der Waals surface area (Å²) in [5.74, 6) is -0.179. The number of anilines is 1. The predicted octanol–water partition coefficient (Wildman–Crippen LogP) is 3.65. The van der Waals surface area contributed by atoms with Crippen molar-refractivity contribution in [3.05, 3.63) is 59.5 Å². The Bertz CT molecular complexity index is 1080. The minimum Gasteiger partial charge on any atom is -0.321 e. The zero-order chi connectivity index (χ0) is 17.4. The van der Waals surface area contributed by atoms with Crippen molar-refractivity contribution in [2.45, 2.75) is 6.92 Å². The van der Waals surface area contributed by atoms with Gasteiger partial charge in [0.2, 0.25) is 0 Å². The third-order valence-electron chi connectivity index (χ3n) is 3.90. The number of hydrogen-bond donors (Lipinski definition) is 1. The van der Waals surface area contributed by atoms with Crippen LogP contribution < -0.4 is 5.32 Å². The van der Waals surface area contributed by atoms with Gasteiger partial charge in [0.1, 0.15) is 9.88 Å². The van der Waals surface area contributed by atoms with E-state index in [2.05, 4.69) is 20.4 Å². The van der Waals surface area contributed by atoms with Crippen molar-refractivity contribution in [2.24, 2.45) is 7.05 Å². The van der Waals surface area contributed by atoms with Gasteiger partial charge in [0.05, 0.1) is 23.6 Å². The first-order valence-electron chi connectivity index (χ1n) is 7.72. The molecule has 124 valence electrons. The van der Waals surface area contributed by atoms with E-state index >= 15 is 0 Å². The lowest BCUT2D eigenvalue weighted by atomic mass is 10.1. The third kappa shape index (κ3) is 2.89. The second kappa shape index (κ2) is 6.10. The van der Waals surface area contributed by atoms with Crippen LogP contribution in [0.4, 0.5) is 5.69 Å². The number of carbonyl (C=O) groups excluding carboxylic acids is 1.